The van der Waals surface area contributed by atoms with Crippen LogP contribution in [0, 0.1) is 6.92 Å². The van der Waals surface area contributed by atoms with E-state index in [0.29, 0.717) is 6.10 Å². The number of hydrogen-bond acceptors (Lipinski definition) is 3. The molecule has 1 aliphatic rings. The molecular formula is C17H23N3O. The minimum Gasteiger partial charge on any atom is -0.373 e. The summed E-state index contributed by atoms with van der Waals surface area (Å²) in [7, 11) is 0. The second kappa shape index (κ2) is 6.87. The Balaban J connectivity index is 1.40. The van der Waals surface area contributed by atoms with Crippen LogP contribution in [-0.2, 0) is 17.9 Å². The highest BCUT2D eigenvalue weighted by Crippen LogP contribution is 2.17. The summed E-state index contributed by atoms with van der Waals surface area (Å²) in [4.78, 5) is 10.0. The summed E-state index contributed by atoms with van der Waals surface area (Å²) in [6.45, 7) is 5.87. The first-order valence-corrected chi connectivity index (χ1v) is 7.68. The molecule has 2 aromatic rings. The molecule has 4 nitrogen and oxygen atoms in total. The van der Waals surface area contributed by atoms with Crippen LogP contribution < -0.4 is 0 Å². The van der Waals surface area contributed by atoms with Gasteiger partial charge >= 0.3 is 0 Å². The van der Waals surface area contributed by atoms with Crippen molar-refractivity contribution >= 4 is 0 Å². The number of hydrogen-bond donors (Lipinski definition) is 1. The molecule has 1 N–H and O–H groups in total. The molecule has 3 rings (SSSR count). The number of H-pyrrole nitrogens is 1. The van der Waals surface area contributed by atoms with Gasteiger partial charge in [-0.1, -0.05) is 30.3 Å². The van der Waals surface area contributed by atoms with Crippen LogP contribution in [0.1, 0.15) is 29.9 Å². The van der Waals surface area contributed by atoms with Gasteiger partial charge in [-0.25, -0.2) is 4.98 Å². The molecule has 0 saturated carbocycles. The standard InChI is InChI=1S/C17H23N3O/c1-14-18-11-16(19-14)12-20-9-7-17(8-10-20)21-13-15-5-3-2-4-6-15/h2-6,11,17H,7-10,12-13H2,1H3,(H,18,19). The summed E-state index contributed by atoms with van der Waals surface area (Å²) >= 11 is 0. The molecule has 0 bridgehead atoms. The molecule has 1 aliphatic heterocycles. The number of imidazole rings is 1. The second-order valence-corrected chi connectivity index (χ2v) is 5.77. The van der Waals surface area contributed by atoms with E-state index in [1.54, 1.807) is 0 Å². The van der Waals surface area contributed by atoms with E-state index in [1.165, 1.54) is 11.3 Å². The summed E-state index contributed by atoms with van der Waals surface area (Å²) in [5, 5.41) is 0. The minimum absolute atomic E-state index is 0.393. The fourth-order valence-electron chi connectivity index (χ4n) is 2.82. The molecule has 0 aliphatic carbocycles. The summed E-state index contributed by atoms with van der Waals surface area (Å²) < 4.78 is 6.02. The predicted octanol–water partition coefficient (Wildman–Crippen LogP) is 2.90. The van der Waals surface area contributed by atoms with Crippen LogP contribution in [-0.4, -0.2) is 34.1 Å². The van der Waals surface area contributed by atoms with Gasteiger partial charge in [0.05, 0.1) is 12.7 Å². The van der Waals surface area contributed by atoms with E-state index in [4.69, 9.17) is 4.74 Å². The van der Waals surface area contributed by atoms with E-state index in [2.05, 4.69) is 39.1 Å². The maximum absolute atomic E-state index is 6.02. The predicted molar refractivity (Wildman–Crippen MR) is 82.9 cm³/mol. The van der Waals surface area contributed by atoms with Crippen LogP contribution in [0.2, 0.25) is 0 Å². The Kier molecular flexibility index (Phi) is 4.68. The maximum atomic E-state index is 6.02. The number of nitrogens with zero attached hydrogens (tertiary/aromatic N) is 2. The molecule has 1 aromatic heterocycles. The highest BCUT2D eigenvalue weighted by Gasteiger charge is 2.20. The lowest BCUT2D eigenvalue weighted by Gasteiger charge is -2.31. The Morgan fingerprint density at radius 1 is 1.24 bits per heavy atom. The van der Waals surface area contributed by atoms with Crippen molar-refractivity contribution in [3.8, 4) is 0 Å². The monoisotopic (exact) mass is 285 g/mol. The molecule has 21 heavy (non-hydrogen) atoms. The van der Waals surface area contributed by atoms with Crippen LogP contribution in [0.3, 0.4) is 0 Å². The zero-order valence-electron chi connectivity index (χ0n) is 12.6. The van der Waals surface area contributed by atoms with Crippen LogP contribution in [0.25, 0.3) is 0 Å². The second-order valence-electron chi connectivity index (χ2n) is 5.77. The summed E-state index contributed by atoms with van der Waals surface area (Å²) in [6.07, 6.45) is 4.55. The summed E-state index contributed by atoms with van der Waals surface area (Å²) in [6, 6.07) is 10.4. The Bertz CT molecular complexity index is 544. The maximum Gasteiger partial charge on any atom is 0.103 e. The third-order valence-corrected chi connectivity index (χ3v) is 4.01. The van der Waals surface area contributed by atoms with Gasteiger partial charge in [-0.3, -0.25) is 4.90 Å². The fraction of sp³-hybridized carbons (Fsp3) is 0.471. The number of ether oxygens (including phenoxy) is 1. The molecule has 4 heteroatoms. The zero-order valence-corrected chi connectivity index (χ0v) is 12.6. The molecule has 0 atom stereocenters. The zero-order chi connectivity index (χ0) is 14.5. The Morgan fingerprint density at radius 3 is 2.67 bits per heavy atom. The minimum atomic E-state index is 0.393. The normalized spacial score (nSPS) is 17.2. The number of rotatable bonds is 5. The van der Waals surface area contributed by atoms with Crippen molar-refractivity contribution in [2.45, 2.75) is 39.0 Å². The number of likely N-dealkylation sites (tertiary alicyclic amines) is 1. The number of benzene rings is 1. The first-order chi connectivity index (χ1) is 10.3. The Morgan fingerprint density at radius 2 is 2.00 bits per heavy atom. The van der Waals surface area contributed by atoms with Gasteiger partial charge in [-0.05, 0) is 25.3 Å². The first-order valence-electron chi connectivity index (χ1n) is 7.68. The number of nitrogens with one attached hydrogen (secondary N) is 1. The van der Waals surface area contributed by atoms with Crippen molar-refractivity contribution in [2.24, 2.45) is 0 Å². The van der Waals surface area contributed by atoms with Crippen molar-refractivity contribution in [1.82, 2.24) is 14.9 Å². The lowest BCUT2D eigenvalue weighted by atomic mass is 10.1. The van der Waals surface area contributed by atoms with E-state index >= 15 is 0 Å². The van der Waals surface area contributed by atoms with E-state index in [-0.39, 0.29) is 0 Å². The van der Waals surface area contributed by atoms with E-state index in [9.17, 15) is 0 Å². The fourth-order valence-corrected chi connectivity index (χ4v) is 2.82. The quantitative estimate of drug-likeness (QED) is 0.918. The highest BCUT2D eigenvalue weighted by atomic mass is 16.5. The van der Waals surface area contributed by atoms with Crippen molar-refractivity contribution < 1.29 is 4.74 Å². The van der Waals surface area contributed by atoms with Crippen molar-refractivity contribution in [3.63, 3.8) is 0 Å². The average molecular weight is 285 g/mol. The smallest absolute Gasteiger partial charge is 0.103 e. The average Bonchev–Trinajstić information content (AvgIpc) is 2.93. The van der Waals surface area contributed by atoms with Crippen molar-refractivity contribution in [2.75, 3.05) is 13.1 Å². The van der Waals surface area contributed by atoms with Gasteiger partial charge in [0.25, 0.3) is 0 Å². The van der Waals surface area contributed by atoms with Crippen LogP contribution in [0.15, 0.2) is 36.5 Å². The first kappa shape index (κ1) is 14.3. The van der Waals surface area contributed by atoms with Gasteiger partial charge in [-0.15, -0.1) is 0 Å². The number of aryl methyl sites for hydroxylation is 1. The number of aromatic amines is 1. The van der Waals surface area contributed by atoms with Gasteiger partial charge in [0, 0.05) is 31.5 Å². The summed E-state index contributed by atoms with van der Waals surface area (Å²) in [5.41, 5.74) is 2.46. The topological polar surface area (TPSA) is 41.2 Å². The molecule has 0 amide bonds. The third-order valence-electron chi connectivity index (χ3n) is 4.01. The molecule has 2 heterocycles. The molecule has 112 valence electrons. The largest absolute Gasteiger partial charge is 0.373 e. The van der Waals surface area contributed by atoms with Crippen LogP contribution in [0.5, 0.6) is 0 Å². The van der Waals surface area contributed by atoms with Gasteiger partial charge in [0.2, 0.25) is 0 Å². The van der Waals surface area contributed by atoms with Crippen molar-refractivity contribution in [3.05, 3.63) is 53.6 Å². The van der Waals surface area contributed by atoms with E-state index in [1.807, 2.05) is 19.2 Å². The molecule has 0 unspecified atom stereocenters. The SMILES string of the molecule is Cc1ncc(CN2CCC(OCc3ccccc3)CC2)[nH]1. The molecular weight excluding hydrogens is 262 g/mol. The molecule has 0 radical (unpaired) electrons. The Labute approximate surface area is 126 Å². The molecule has 1 fully saturated rings. The number of aromatic nitrogens is 2. The van der Waals surface area contributed by atoms with E-state index in [0.717, 1.165) is 44.9 Å². The third kappa shape index (κ3) is 4.16. The molecule has 1 aromatic carbocycles. The Hall–Kier alpha value is -1.65. The molecule has 1 saturated heterocycles. The van der Waals surface area contributed by atoms with Gasteiger partial charge in [0.15, 0.2) is 0 Å². The molecule has 0 spiro atoms. The van der Waals surface area contributed by atoms with E-state index < -0.39 is 0 Å². The number of piperidine rings is 1. The van der Waals surface area contributed by atoms with Crippen molar-refractivity contribution in [1.29, 1.82) is 0 Å². The lowest BCUT2D eigenvalue weighted by Crippen LogP contribution is -2.36. The van der Waals surface area contributed by atoms with Gasteiger partial charge < -0.3 is 9.72 Å². The van der Waals surface area contributed by atoms with Gasteiger partial charge in [-0.2, -0.15) is 0 Å². The summed E-state index contributed by atoms with van der Waals surface area (Å²) in [5.74, 6) is 0.992. The van der Waals surface area contributed by atoms with Crippen LogP contribution >= 0.6 is 0 Å². The van der Waals surface area contributed by atoms with Gasteiger partial charge in [0.1, 0.15) is 5.82 Å². The lowest BCUT2D eigenvalue weighted by molar-refractivity contribution is -0.00413. The van der Waals surface area contributed by atoms with Crippen LogP contribution in [0.4, 0.5) is 0 Å². The highest BCUT2D eigenvalue weighted by molar-refractivity contribution is 5.13.